The predicted octanol–water partition coefficient (Wildman–Crippen LogP) is -0.110. The van der Waals surface area contributed by atoms with Gasteiger partial charge in [-0.3, -0.25) is 4.79 Å². The average Bonchev–Trinajstić information content (AvgIpc) is 1.82. The van der Waals surface area contributed by atoms with Crippen molar-refractivity contribution in [2.45, 2.75) is 6.04 Å². The van der Waals surface area contributed by atoms with E-state index in [1.165, 1.54) is 17.2 Å². The molecular formula is C4H8NO3S-. The predicted molar refractivity (Wildman–Crippen MR) is 36.3 cm³/mol. The van der Waals surface area contributed by atoms with Gasteiger partial charge >= 0.3 is 5.97 Å². The number of carbonyl (C=O) groups is 1. The molecule has 2 N–H and O–H groups in total. The Hall–Kier alpha value is -0.260. The van der Waals surface area contributed by atoms with E-state index in [-0.39, 0.29) is 0 Å². The van der Waals surface area contributed by atoms with Gasteiger partial charge in [-0.15, -0.1) is 0 Å². The first-order chi connectivity index (χ1) is 4.22. The van der Waals surface area contributed by atoms with Crippen LogP contribution in [0.25, 0.3) is 0 Å². The highest BCUT2D eigenvalue weighted by molar-refractivity contribution is 7.98. The maximum Gasteiger partial charge on any atom is 0.320 e. The Balaban J connectivity index is 3.54. The number of aliphatic carboxylic acids is 1. The lowest BCUT2D eigenvalue weighted by molar-refractivity contribution is -0.138. The highest BCUT2D eigenvalue weighted by Gasteiger charge is 2.09. The number of hydrogen-bond donors (Lipinski definition) is 2. The van der Waals surface area contributed by atoms with Gasteiger partial charge in [0.25, 0.3) is 0 Å². The van der Waals surface area contributed by atoms with Gasteiger partial charge in [-0.05, 0) is 6.26 Å². The molecule has 0 aliphatic carbocycles. The molecule has 0 saturated carbocycles. The lowest BCUT2D eigenvalue weighted by atomic mass is 10.4. The Bertz CT molecular complexity index is 97.8. The van der Waals surface area contributed by atoms with E-state index in [4.69, 9.17) is 5.11 Å². The molecule has 0 aromatic rings. The summed E-state index contributed by atoms with van der Waals surface area (Å²) in [5, 5.41) is 18.0. The van der Waals surface area contributed by atoms with Crippen molar-refractivity contribution < 1.29 is 9.90 Å². The molecular weight excluding hydrogens is 142 g/mol. The summed E-state index contributed by atoms with van der Waals surface area (Å²) in [6, 6.07) is -0.958. The second kappa shape index (κ2) is 4.60. The summed E-state index contributed by atoms with van der Waals surface area (Å²) in [5.41, 5.74) is 1.43. The van der Waals surface area contributed by atoms with Crippen LogP contribution in [0.4, 0.5) is 0 Å². The number of carboxylic acid groups (broad SMARTS) is 1. The monoisotopic (exact) mass is 150 g/mol. The van der Waals surface area contributed by atoms with Crippen LogP contribution < -0.4 is 5.48 Å². The van der Waals surface area contributed by atoms with Crippen LogP contribution in [0.3, 0.4) is 0 Å². The minimum absolute atomic E-state index is 0.304. The number of rotatable bonds is 4. The molecule has 0 rings (SSSR count). The molecule has 0 unspecified atom stereocenters. The van der Waals surface area contributed by atoms with Gasteiger partial charge in [0, 0.05) is 5.75 Å². The Morgan fingerprint density at radius 2 is 2.56 bits per heavy atom. The van der Waals surface area contributed by atoms with Crippen molar-refractivity contribution in [3.8, 4) is 0 Å². The molecule has 0 aliphatic rings. The van der Waals surface area contributed by atoms with Crippen LogP contribution >= 0.6 is 11.8 Å². The lowest BCUT2D eigenvalue weighted by Gasteiger charge is -2.15. The summed E-state index contributed by atoms with van der Waals surface area (Å²) >= 11 is 1.32. The van der Waals surface area contributed by atoms with E-state index >= 15 is 0 Å². The molecule has 9 heavy (non-hydrogen) atoms. The topological polar surface area (TPSA) is 72.4 Å². The third-order valence-corrected chi connectivity index (χ3v) is 1.44. The molecule has 0 aromatic heterocycles. The van der Waals surface area contributed by atoms with Gasteiger partial charge in [0.05, 0.1) is 0 Å². The van der Waals surface area contributed by atoms with Gasteiger partial charge in [-0.25, -0.2) is 0 Å². The first-order valence-corrected chi connectivity index (χ1v) is 3.71. The third kappa shape index (κ3) is 3.34. The fourth-order valence-corrected chi connectivity index (χ4v) is 0.866. The van der Waals surface area contributed by atoms with E-state index in [1.54, 1.807) is 6.26 Å². The van der Waals surface area contributed by atoms with Crippen molar-refractivity contribution in [2.24, 2.45) is 0 Å². The largest absolute Gasteiger partial charge is 0.787 e. The van der Waals surface area contributed by atoms with Crippen molar-refractivity contribution in [1.82, 2.24) is 5.48 Å². The SMILES string of the molecule is CSC[C@H](N[O-])C(=O)O. The molecule has 0 heterocycles. The fourth-order valence-electron chi connectivity index (χ4n) is 0.322. The molecule has 0 spiro atoms. The maximum absolute atomic E-state index is 10.0. The zero-order chi connectivity index (χ0) is 7.28. The van der Waals surface area contributed by atoms with Gasteiger partial charge in [-0.1, -0.05) is 0 Å². The zero-order valence-electron chi connectivity index (χ0n) is 4.96. The Morgan fingerprint density at radius 3 is 2.67 bits per heavy atom. The molecule has 4 nitrogen and oxygen atoms in total. The number of carboxylic acids is 1. The van der Waals surface area contributed by atoms with E-state index in [2.05, 4.69) is 0 Å². The average molecular weight is 150 g/mol. The standard InChI is InChI=1S/C4H8NO3S/c1-9-2-3(5-8)4(6)7/h3,5H,2H2,1H3,(H,6,7)/q-1/t3-/m0/s1. The van der Waals surface area contributed by atoms with E-state index in [0.717, 1.165) is 0 Å². The minimum Gasteiger partial charge on any atom is -0.787 e. The van der Waals surface area contributed by atoms with Crippen LogP contribution in [0.2, 0.25) is 0 Å². The van der Waals surface area contributed by atoms with Gasteiger partial charge in [0.15, 0.2) is 0 Å². The summed E-state index contributed by atoms with van der Waals surface area (Å²) in [7, 11) is 0. The first kappa shape index (κ1) is 8.74. The Morgan fingerprint density at radius 1 is 2.00 bits per heavy atom. The summed E-state index contributed by atoms with van der Waals surface area (Å²) in [4.78, 5) is 10.0. The van der Waals surface area contributed by atoms with Gasteiger partial charge in [0.2, 0.25) is 0 Å². The van der Waals surface area contributed by atoms with E-state index in [1.807, 2.05) is 0 Å². The van der Waals surface area contributed by atoms with E-state index in [9.17, 15) is 10.0 Å². The molecule has 0 aliphatic heterocycles. The number of thioether (sulfide) groups is 1. The van der Waals surface area contributed by atoms with Crippen molar-refractivity contribution in [2.75, 3.05) is 12.0 Å². The molecule has 0 radical (unpaired) electrons. The molecule has 54 valence electrons. The number of hydrogen-bond acceptors (Lipinski definition) is 4. The normalized spacial score (nSPS) is 13.1. The highest BCUT2D eigenvalue weighted by Crippen LogP contribution is 1.95. The van der Waals surface area contributed by atoms with Crippen molar-refractivity contribution in [1.29, 1.82) is 0 Å². The molecule has 0 bridgehead atoms. The van der Waals surface area contributed by atoms with Gasteiger partial charge < -0.3 is 15.8 Å². The van der Waals surface area contributed by atoms with Crippen molar-refractivity contribution in [3.05, 3.63) is 5.21 Å². The summed E-state index contributed by atoms with van der Waals surface area (Å²) < 4.78 is 0. The molecule has 5 heteroatoms. The third-order valence-electron chi connectivity index (χ3n) is 0.774. The van der Waals surface area contributed by atoms with Crippen LogP contribution in [0.1, 0.15) is 0 Å². The molecule has 0 saturated heterocycles. The van der Waals surface area contributed by atoms with Crippen LogP contribution in [-0.2, 0) is 4.79 Å². The summed E-state index contributed by atoms with van der Waals surface area (Å²) in [5.74, 6) is -0.793. The molecule has 0 amide bonds. The van der Waals surface area contributed by atoms with Crippen molar-refractivity contribution in [3.63, 3.8) is 0 Å². The number of nitrogens with one attached hydrogen (secondary N) is 1. The Kier molecular flexibility index (Phi) is 4.47. The maximum atomic E-state index is 10.0. The second-order valence-electron chi connectivity index (χ2n) is 1.46. The minimum atomic E-state index is -1.10. The summed E-state index contributed by atoms with van der Waals surface area (Å²) in [6.45, 7) is 0. The van der Waals surface area contributed by atoms with Crippen LogP contribution in [0.5, 0.6) is 0 Å². The summed E-state index contributed by atoms with van der Waals surface area (Å²) in [6.07, 6.45) is 1.74. The Labute approximate surface area is 57.2 Å². The number of hydroxylamine groups is 1. The lowest BCUT2D eigenvalue weighted by Crippen LogP contribution is -2.34. The quantitative estimate of drug-likeness (QED) is 0.547. The molecule has 1 atom stereocenters. The van der Waals surface area contributed by atoms with Gasteiger partial charge in [0.1, 0.15) is 6.04 Å². The molecule has 0 fully saturated rings. The van der Waals surface area contributed by atoms with Crippen LogP contribution in [0, 0.1) is 5.21 Å². The zero-order valence-corrected chi connectivity index (χ0v) is 5.77. The van der Waals surface area contributed by atoms with E-state index < -0.39 is 12.0 Å². The molecule has 0 aromatic carbocycles. The van der Waals surface area contributed by atoms with E-state index in [0.29, 0.717) is 5.75 Å². The van der Waals surface area contributed by atoms with Crippen LogP contribution in [-0.4, -0.2) is 29.1 Å². The van der Waals surface area contributed by atoms with Gasteiger partial charge in [-0.2, -0.15) is 11.8 Å². The second-order valence-corrected chi connectivity index (χ2v) is 2.37. The fraction of sp³-hybridized carbons (Fsp3) is 0.750. The van der Waals surface area contributed by atoms with Crippen molar-refractivity contribution >= 4 is 17.7 Å². The first-order valence-electron chi connectivity index (χ1n) is 2.31. The highest BCUT2D eigenvalue weighted by atomic mass is 32.2. The smallest absolute Gasteiger partial charge is 0.320 e. The van der Waals surface area contributed by atoms with Crippen LogP contribution in [0.15, 0.2) is 0 Å².